The van der Waals surface area contributed by atoms with Crippen molar-refractivity contribution in [2.75, 3.05) is 32.8 Å². The number of nitrogens with zero attached hydrogens (tertiary/aromatic N) is 1. The highest BCUT2D eigenvalue weighted by Gasteiger charge is 2.60. The zero-order valence-electron chi connectivity index (χ0n) is 15.1. The first kappa shape index (κ1) is 17.1. The van der Waals surface area contributed by atoms with Gasteiger partial charge in [0.15, 0.2) is 0 Å². The molecule has 0 radical (unpaired) electrons. The highest BCUT2D eigenvalue weighted by atomic mass is 35.5. The second-order valence-corrected chi connectivity index (χ2v) is 10.3. The van der Waals surface area contributed by atoms with Crippen LogP contribution in [0.4, 0.5) is 0 Å². The normalized spacial score (nSPS) is 42.3. The second kappa shape index (κ2) is 5.85. The summed E-state index contributed by atoms with van der Waals surface area (Å²) in [4.78, 5) is 15.5. The fraction of sp³-hybridized carbons (Fsp3) is 0.947. The van der Waals surface area contributed by atoms with Crippen molar-refractivity contribution in [2.24, 2.45) is 17.3 Å². The predicted molar refractivity (Wildman–Crippen MR) is 95.2 cm³/mol. The van der Waals surface area contributed by atoms with Gasteiger partial charge in [0, 0.05) is 30.0 Å². The van der Waals surface area contributed by atoms with Crippen LogP contribution in [0.1, 0.15) is 52.4 Å². The van der Waals surface area contributed by atoms with Gasteiger partial charge in [-0.2, -0.15) is 0 Å². The van der Waals surface area contributed by atoms with E-state index in [2.05, 4.69) is 24.1 Å². The van der Waals surface area contributed by atoms with E-state index >= 15 is 0 Å². The molecule has 0 unspecified atom stereocenters. The molecule has 24 heavy (non-hydrogen) atoms. The molecule has 1 saturated heterocycles. The van der Waals surface area contributed by atoms with Gasteiger partial charge in [0.1, 0.15) is 0 Å². The monoisotopic (exact) mass is 354 g/mol. The zero-order chi connectivity index (χ0) is 17.0. The largest absolute Gasteiger partial charge is 0.379 e. The number of morpholine rings is 1. The molecule has 136 valence electrons. The Bertz CT molecular complexity index is 501. The molecule has 5 fully saturated rings. The van der Waals surface area contributed by atoms with Gasteiger partial charge in [0.05, 0.1) is 18.6 Å². The minimum Gasteiger partial charge on any atom is -0.379 e. The van der Waals surface area contributed by atoms with Gasteiger partial charge in [-0.1, -0.05) is 0 Å². The van der Waals surface area contributed by atoms with Gasteiger partial charge >= 0.3 is 0 Å². The summed E-state index contributed by atoms with van der Waals surface area (Å²) in [6.07, 6.45) is 6.55. The molecular weight excluding hydrogens is 324 g/mol. The molecule has 5 rings (SSSR count). The molecule has 0 aromatic heterocycles. The van der Waals surface area contributed by atoms with Gasteiger partial charge in [-0.05, 0) is 64.2 Å². The van der Waals surface area contributed by atoms with Crippen LogP contribution in [0.15, 0.2) is 0 Å². The number of hydrogen-bond donors (Lipinski definition) is 1. The Kier molecular flexibility index (Phi) is 4.17. The molecule has 1 heterocycles. The first-order valence-electron chi connectivity index (χ1n) is 9.60. The van der Waals surface area contributed by atoms with Crippen LogP contribution in [0.2, 0.25) is 0 Å². The van der Waals surface area contributed by atoms with E-state index in [0.29, 0.717) is 18.4 Å². The fourth-order valence-electron chi connectivity index (χ4n) is 6.18. The van der Waals surface area contributed by atoms with Crippen LogP contribution in [0.5, 0.6) is 0 Å². The average Bonchev–Trinajstić information content (AvgIpc) is 2.51. The third-order valence-electron chi connectivity index (χ3n) is 7.02. The molecular formula is C19H31ClN2O2. The van der Waals surface area contributed by atoms with E-state index in [9.17, 15) is 4.79 Å². The summed E-state index contributed by atoms with van der Waals surface area (Å²) in [7, 11) is 0. The van der Waals surface area contributed by atoms with Gasteiger partial charge in [-0.3, -0.25) is 9.69 Å². The second-order valence-electron chi connectivity index (χ2n) is 9.49. The Balaban J connectivity index is 1.41. The van der Waals surface area contributed by atoms with Gasteiger partial charge < -0.3 is 10.1 Å². The maximum atomic E-state index is 13.2. The van der Waals surface area contributed by atoms with Crippen molar-refractivity contribution in [2.45, 2.75) is 62.8 Å². The molecule has 0 aromatic carbocycles. The SMILES string of the molecule is CC(C)(CNC(=O)C12C[C@H]3C[C@@H](CC(Cl)(C3)C1)C2)N1CCOCC1. The van der Waals surface area contributed by atoms with E-state index in [1.807, 2.05) is 0 Å². The Morgan fingerprint density at radius 2 is 1.83 bits per heavy atom. The van der Waals surface area contributed by atoms with Gasteiger partial charge in [-0.25, -0.2) is 0 Å². The van der Waals surface area contributed by atoms with Crippen LogP contribution in [0, 0.1) is 17.3 Å². The molecule has 5 aliphatic rings. The summed E-state index contributed by atoms with van der Waals surface area (Å²) in [5.74, 6) is 1.60. The van der Waals surface area contributed by atoms with Gasteiger partial charge in [0.2, 0.25) is 5.91 Å². The molecule has 1 aliphatic heterocycles. The van der Waals surface area contributed by atoms with Crippen molar-refractivity contribution in [3.8, 4) is 0 Å². The number of hydrogen-bond acceptors (Lipinski definition) is 3. The maximum Gasteiger partial charge on any atom is 0.226 e. The number of rotatable bonds is 4. The summed E-state index contributed by atoms with van der Waals surface area (Å²) >= 11 is 6.87. The Morgan fingerprint density at radius 3 is 2.42 bits per heavy atom. The van der Waals surface area contributed by atoms with E-state index in [1.165, 1.54) is 6.42 Å². The van der Waals surface area contributed by atoms with E-state index < -0.39 is 0 Å². The molecule has 0 aromatic rings. The molecule has 5 heteroatoms. The van der Waals surface area contributed by atoms with Crippen LogP contribution >= 0.6 is 11.6 Å². The summed E-state index contributed by atoms with van der Waals surface area (Å²) in [6.45, 7) is 8.63. The van der Waals surface area contributed by atoms with E-state index in [-0.39, 0.29) is 21.7 Å². The van der Waals surface area contributed by atoms with Crippen molar-refractivity contribution < 1.29 is 9.53 Å². The van der Waals surface area contributed by atoms with Crippen molar-refractivity contribution in [1.29, 1.82) is 0 Å². The molecule has 0 spiro atoms. The molecule has 1 N–H and O–H groups in total. The zero-order valence-corrected chi connectivity index (χ0v) is 15.8. The lowest BCUT2D eigenvalue weighted by molar-refractivity contribution is -0.145. The lowest BCUT2D eigenvalue weighted by Crippen LogP contribution is -2.61. The Morgan fingerprint density at radius 1 is 1.21 bits per heavy atom. The highest BCUT2D eigenvalue weighted by molar-refractivity contribution is 6.24. The van der Waals surface area contributed by atoms with Crippen LogP contribution in [0.3, 0.4) is 0 Å². The van der Waals surface area contributed by atoms with Gasteiger partial charge in [0.25, 0.3) is 0 Å². The Labute approximate surface area is 150 Å². The first-order valence-corrected chi connectivity index (χ1v) is 9.98. The van der Waals surface area contributed by atoms with Crippen molar-refractivity contribution in [3.63, 3.8) is 0 Å². The lowest BCUT2D eigenvalue weighted by atomic mass is 9.49. The van der Waals surface area contributed by atoms with Crippen molar-refractivity contribution in [1.82, 2.24) is 10.2 Å². The van der Waals surface area contributed by atoms with E-state index in [0.717, 1.165) is 58.4 Å². The Hall–Kier alpha value is -0.320. The minimum atomic E-state index is -0.188. The molecule has 4 saturated carbocycles. The van der Waals surface area contributed by atoms with Crippen LogP contribution in [0.25, 0.3) is 0 Å². The number of carbonyl (C=O) groups is 1. The number of alkyl halides is 1. The summed E-state index contributed by atoms with van der Waals surface area (Å²) in [5, 5.41) is 3.31. The quantitative estimate of drug-likeness (QED) is 0.789. The number of carbonyl (C=O) groups excluding carboxylic acids is 1. The smallest absolute Gasteiger partial charge is 0.226 e. The van der Waals surface area contributed by atoms with E-state index in [4.69, 9.17) is 16.3 Å². The van der Waals surface area contributed by atoms with Gasteiger partial charge in [-0.15, -0.1) is 11.6 Å². The van der Waals surface area contributed by atoms with Crippen LogP contribution < -0.4 is 5.32 Å². The number of halogens is 1. The highest BCUT2D eigenvalue weighted by Crippen LogP contribution is 2.63. The average molecular weight is 355 g/mol. The molecule has 4 aliphatic carbocycles. The summed E-state index contributed by atoms with van der Waals surface area (Å²) in [6, 6.07) is 0. The topological polar surface area (TPSA) is 41.6 Å². The minimum absolute atomic E-state index is 0.0274. The molecule has 4 nitrogen and oxygen atoms in total. The number of nitrogens with one attached hydrogen (secondary N) is 1. The number of amides is 1. The third-order valence-corrected chi connectivity index (χ3v) is 7.46. The standard InChI is InChI=1S/C19H31ClN2O2/c1-17(2,22-3-5-24-6-4-22)13-21-16(23)18-8-14-7-15(9-18)11-19(20,10-14)12-18/h14-15H,3-13H2,1-2H3,(H,21,23)/t14-,15-,18?,19?/m1/s1. The third kappa shape index (κ3) is 2.99. The molecule has 4 bridgehead atoms. The fourth-order valence-corrected chi connectivity index (χ4v) is 6.87. The van der Waals surface area contributed by atoms with Crippen molar-refractivity contribution in [3.05, 3.63) is 0 Å². The lowest BCUT2D eigenvalue weighted by Gasteiger charge is -2.59. The van der Waals surface area contributed by atoms with Crippen LogP contribution in [-0.2, 0) is 9.53 Å². The predicted octanol–water partition coefficient (Wildman–Crippen LogP) is 2.79. The molecule has 1 amide bonds. The van der Waals surface area contributed by atoms with E-state index in [1.54, 1.807) is 0 Å². The molecule has 2 atom stereocenters. The first-order chi connectivity index (χ1) is 11.3. The number of ether oxygens (including phenoxy) is 1. The van der Waals surface area contributed by atoms with Crippen molar-refractivity contribution >= 4 is 17.5 Å². The van der Waals surface area contributed by atoms with Crippen LogP contribution in [-0.4, -0.2) is 54.1 Å². The maximum absolute atomic E-state index is 13.2. The summed E-state index contributed by atoms with van der Waals surface area (Å²) in [5.41, 5.74) is -0.215. The summed E-state index contributed by atoms with van der Waals surface area (Å²) < 4.78 is 5.45.